The molecule has 34 heavy (non-hydrogen) atoms. The van der Waals surface area contributed by atoms with Gasteiger partial charge in [0, 0.05) is 6.42 Å². The lowest BCUT2D eigenvalue weighted by Crippen LogP contribution is -2.31. The monoisotopic (exact) mass is 490 g/mol. The number of unbranched alkanes of at least 4 members (excludes halogenated alkanes) is 1. The summed E-state index contributed by atoms with van der Waals surface area (Å²) in [5.74, 6) is -0.272. The molecule has 1 aromatic carbocycles. The Labute approximate surface area is 203 Å². The number of aryl methyl sites for hydroxylation is 1. The number of carbonyl (C=O) groups is 1. The van der Waals surface area contributed by atoms with Gasteiger partial charge in [0.15, 0.2) is 9.84 Å². The van der Waals surface area contributed by atoms with Gasteiger partial charge in [-0.15, -0.1) is 0 Å². The number of allylic oxidation sites excluding steroid dienone is 2. The maximum Gasteiger partial charge on any atom is 0.309 e. The van der Waals surface area contributed by atoms with Crippen LogP contribution in [-0.4, -0.2) is 48.7 Å². The first-order valence-electron chi connectivity index (χ1n) is 12.2. The van der Waals surface area contributed by atoms with Gasteiger partial charge in [0.1, 0.15) is 6.10 Å². The summed E-state index contributed by atoms with van der Waals surface area (Å²) >= 11 is 0. The fourth-order valence-electron chi connectivity index (χ4n) is 4.88. The van der Waals surface area contributed by atoms with E-state index in [0.717, 1.165) is 29.6 Å². The van der Waals surface area contributed by atoms with E-state index < -0.39 is 34.1 Å². The molecule has 1 aliphatic carbocycles. The van der Waals surface area contributed by atoms with Crippen LogP contribution in [0.5, 0.6) is 0 Å². The number of cyclic esters (lactones) is 1. The average molecular weight is 491 g/mol. The summed E-state index contributed by atoms with van der Waals surface area (Å²) < 4.78 is 30.9. The van der Waals surface area contributed by atoms with Crippen molar-refractivity contribution in [3.8, 4) is 0 Å². The smallest absolute Gasteiger partial charge is 0.309 e. The molecule has 0 amide bonds. The first-order chi connectivity index (χ1) is 15.9. The maximum atomic E-state index is 12.8. The zero-order valence-electron chi connectivity index (χ0n) is 20.7. The van der Waals surface area contributed by atoms with Gasteiger partial charge in [-0.3, -0.25) is 4.79 Å². The number of benzene rings is 1. The molecule has 6 nitrogen and oxygen atoms in total. The fourth-order valence-corrected chi connectivity index (χ4v) is 6.59. The summed E-state index contributed by atoms with van der Waals surface area (Å²) in [4.78, 5) is 12.1. The van der Waals surface area contributed by atoms with E-state index in [2.05, 4.69) is 13.8 Å². The number of aliphatic hydroxyl groups is 2. The molecule has 2 aliphatic rings. The molecule has 3 rings (SSSR count). The Kier molecular flexibility index (Phi) is 8.43. The normalized spacial score (nSPS) is 25.9. The van der Waals surface area contributed by atoms with Gasteiger partial charge in [0.25, 0.3) is 0 Å². The van der Waals surface area contributed by atoms with Gasteiger partial charge in [-0.25, -0.2) is 8.42 Å². The minimum absolute atomic E-state index is 0.0166. The molecule has 0 aromatic heterocycles. The Morgan fingerprint density at radius 3 is 2.56 bits per heavy atom. The highest BCUT2D eigenvalue weighted by Gasteiger charge is 2.32. The van der Waals surface area contributed by atoms with Crippen molar-refractivity contribution >= 4 is 21.4 Å². The van der Waals surface area contributed by atoms with E-state index in [1.54, 1.807) is 6.07 Å². The molecule has 0 spiro atoms. The standard InChI is InChI=1S/C27H38O6S/c1-5-6-13-34(31,32)25-10-7-19(14-18(25)2)23-16-20(28)11-12-27(3,4)24(23)9-8-22-15-21(29)17-26(30)33-22/h7-10,14,20-22,28-29H,5-6,11-13,15-17H2,1-4H3/b9-8+/t20?,21-,22-/m1/s1. The van der Waals surface area contributed by atoms with Crippen LogP contribution in [0.15, 0.2) is 40.8 Å². The number of hydrogen-bond acceptors (Lipinski definition) is 6. The highest BCUT2D eigenvalue weighted by atomic mass is 32.2. The van der Waals surface area contributed by atoms with Crippen LogP contribution in [0, 0.1) is 12.3 Å². The van der Waals surface area contributed by atoms with Crippen LogP contribution in [0.4, 0.5) is 0 Å². The van der Waals surface area contributed by atoms with Crippen molar-refractivity contribution in [2.75, 3.05) is 5.75 Å². The summed E-state index contributed by atoms with van der Waals surface area (Å²) in [6.45, 7) is 8.05. The van der Waals surface area contributed by atoms with Gasteiger partial charge in [0.05, 0.1) is 29.3 Å². The predicted molar refractivity (Wildman–Crippen MR) is 133 cm³/mol. The lowest BCUT2D eigenvalue weighted by Gasteiger charge is -2.28. The van der Waals surface area contributed by atoms with Crippen molar-refractivity contribution in [2.24, 2.45) is 5.41 Å². The first kappa shape index (κ1) is 26.6. The van der Waals surface area contributed by atoms with E-state index in [1.807, 2.05) is 38.1 Å². The second-order valence-electron chi connectivity index (χ2n) is 10.3. The Morgan fingerprint density at radius 2 is 1.91 bits per heavy atom. The topological polar surface area (TPSA) is 101 Å². The summed E-state index contributed by atoms with van der Waals surface area (Å²) in [5.41, 5.74) is 3.34. The van der Waals surface area contributed by atoms with Crippen LogP contribution >= 0.6 is 0 Å². The van der Waals surface area contributed by atoms with Crippen LogP contribution in [0.25, 0.3) is 5.57 Å². The van der Waals surface area contributed by atoms with Crippen molar-refractivity contribution in [3.63, 3.8) is 0 Å². The number of ether oxygens (including phenoxy) is 1. The molecule has 7 heteroatoms. The lowest BCUT2D eigenvalue weighted by molar-refractivity contribution is -0.156. The number of carbonyl (C=O) groups excluding carboxylic acids is 1. The molecule has 3 atom stereocenters. The number of esters is 1. The van der Waals surface area contributed by atoms with Crippen LogP contribution < -0.4 is 0 Å². The van der Waals surface area contributed by atoms with E-state index in [0.29, 0.717) is 36.1 Å². The largest absolute Gasteiger partial charge is 0.458 e. The number of hydrogen-bond donors (Lipinski definition) is 2. The van der Waals surface area contributed by atoms with Gasteiger partial charge < -0.3 is 14.9 Å². The van der Waals surface area contributed by atoms with E-state index in [9.17, 15) is 23.4 Å². The molecule has 1 heterocycles. The first-order valence-corrected chi connectivity index (χ1v) is 13.9. The molecular formula is C27H38O6S. The number of rotatable bonds is 7. The van der Waals surface area contributed by atoms with E-state index in [1.165, 1.54) is 0 Å². The Morgan fingerprint density at radius 1 is 1.18 bits per heavy atom. The maximum absolute atomic E-state index is 12.8. The fraction of sp³-hybridized carbons (Fsp3) is 0.593. The molecule has 1 fully saturated rings. The molecule has 188 valence electrons. The van der Waals surface area contributed by atoms with Crippen molar-refractivity contribution in [1.82, 2.24) is 0 Å². The van der Waals surface area contributed by atoms with Gasteiger partial charge in [-0.05, 0) is 72.4 Å². The number of sulfone groups is 1. The van der Waals surface area contributed by atoms with Gasteiger partial charge in [-0.1, -0.05) is 45.4 Å². The van der Waals surface area contributed by atoms with Gasteiger partial charge in [0.2, 0.25) is 0 Å². The van der Waals surface area contributed by atoms with Gasteiger partial charge in [-0.2, -0.15) is 0 Å². The minimum atomic E-state index is -3.34. The Balaban J connectivity index is 2.04. The highest BCUT2D eigenvalue weighted by molar-refractivity contribution is 7.91. The van der Waals surface area contributed by atoms with Crippen LogP contribution in [0.2, 0.25) is 0 Å². The molecule has 0 radical (unpaired) electrons. The van der Waals surface area contributed by atoms with Crippen molar-refractivity contribution in [3.05, 3.63) is 47.1 Å². The summed E-state index contributed by atoms with van der Waals surface area (Å²) in [5, 5.41) is 20.6. The third kappa shape index (κ3) is 6.37. The van der Waals surface area contributed by atoms with Crippen molar-refractivity contribution in [1.29, 1.82) is 0 Å². The van der Waals surface area contributed by atoms with Crippen LogP contribution in [-0.2, 0) is 19.4 Å². The lowest BCUT2D eigenvalue weighted by atomic mass is 9.77. The third-order valence-electron chi connectivity index (χ3n) is 6.89. The molecule has 0 saturated carbocycles. The zero-order chi connectivity index (χ0) is 25.1. The molecule has 1 saturated heterocycles. The molecule has 2 N–H and O–H groups in total. The molecule has 0 bridgehead atoms. The van der Waals surface area contributed by atoms with Gasteiger partial charge >= 0.3 is 5.97 Å². The third-order valence-corrected chi connectivity index (χ3v) is 8.84. The summed E-state index contributed by atoms with van der Waals surface area (Å²) in [6, 6.07) is 5.43. The average Bonchev–Trinajstić information content (AvgIpc) is 2.85. The summed E-state index contributed by atoms with van der Waals surface area (Å²) in [6.07, 6.45) is 5.81. The highest BCUT2D eigenvalue weighted by Crippen LogP contribution is 2.43. The van der Waals surface area contributed by atoms with E-state index >= 15 is 0 Å². The zero-order valence-corrected chi connectivity index (χ0v) is 21.5. The molecule has 1 aromatic rings. The second-order valence-corrected chi connectivity index (χ2v) is 12.4. The summed E-state index contributed by atoms with van der Waals surface area (Å²) in [7, 11) is -3.34. The molecular weight excluding hydrogens is 452 g/mol. The van der Waals surface area contributed by atoms with E-state index in [4.69, 9.17) is 4.74 Å². The van der Waals surface area contributed by atoms with Crippen molar-refractivity contribution in [2.45, 2.75) is 95.8 Å². The SMILES string of the molecule is CCCCS(=O)(=O)c1ccc(C2=C(/C=C/[C@@H]3C[C@@H](O)CC(=O)O3)C(C)(C)CCC(O)C2)cc1C. The number of aliphatic hydroxyl groups excluding tert-OH is 2. The Bertz CT molecular complexity index is 1070. The Hall–Kier alpha value is -1.96. The van der Waals surface area contributed by atoms with E-state index in [-0.39, 0.29) is 17.6 Å². The molecule has 1 aliphatic heterocycles. The molecule has 1 unspecified atom stereocenters. The van der Waals surface area contributed by atoms with Crippen LogP contribution in [0.1, 0.15) is 76.8 Å². The minimum Gasteiger partial charge on any atom is -0.458 e. The van der Waals surface area contributed by atoms with Crippen LogP contribution in [0.3, 0.4) is 0 Å². The quantitative estimate of drug-likeness (QED) is 0.545. The van der Waals surface area contributed by atoms with Crippen molar-refractivity contribution < 1.29 is 28.2 Å². The predicted octanol–water partition coefficient (Wildman–Crippen LogP) is 4.52. The second kappa shape index (κ2) is 10.8.